The molecule has 0 spiro atoms. The highest BCUT2D eigenvalue weighted by molar-refractivity contribution is 7.17. The summed E-state index contributed by atoms with van der Waals surface area (Å²) in [5, 5.41) is 3.85. The summed E-state index contributed by atoms with van der Waals surface area (Å²) in [6, 6.07) is 6.74. The number of anilines is 1. The number of likely N-dealkylation sites (N-methyl/N-ethyl adjacent to an activating group) is 1. The molecule has 26 heavy (non-hydrogen) atoms. The Kier molecular flexibility index (Phi) is 6.88. The quantitative estimate of drug-likeness (QED) is 0.785. The Morgan fingerprint density at radius 3 is 2.69 bits per heavy atom. The van der Waals surface area contributed by atoms with Gasteiger partial charge in [0.25, 0.3) is 11.8 Å². The molecule has 2 aromatic rings. The van der Waals surface area contributed by atoms with Crippen LogP contribution in [0.2, 0.25) is 5.02 Å². The number of halogens is 2. The summed E-state index contributed by atoms with van der Waals surface area (Å²) in [7, 11) is 2.02. The molecular formula is C17H19Cl2N3O3S. The van der Waals surface area contributed by atoms with Crippen LogP contribution < -0.4 is 15.8 Å². The molecule has 2 amide bonds. The Morgan fingerprint density at radius 2 is 2.04 bits per heavy atom. The van der Waals surface area contributed by atoms with Gasteiger partial charge < -0.3 is 20.7 Å². The number of carbonyl (C=O) groups excluding carboxylic acids is 2. The number of nitrogens with zero attached hydrogens (tertiary/aromatic N) is 1. The summed E-state index contributed by atoms with van der Waals surface area (Å²) in [6.07, 6.45) is 0.748. The molecule has 1 aromatic heterocycles. The van der Waals surface area contributed by atoms with E-state index in [1.54, 1.807) is 24.3 Å². The third-order valence-electron chi connectivity index (χ3n) is 3.93. The maximum atomic E-state index is 12.2. The van der Waals surface area contributed by atoms with Gasteiger partial charge in [0.2, 0.25) is 0 Å². The zero-order valence-corrected chi connectivity index (χ0v) is 16.5. The summed E-state index contributed by atoms with van der Waals surface area (Å²) in [4.78, 5) is 27.3. The number of primary amides is 1. The van der Waals surface area contributed by atoms with Gasteiger partial charge in [0.05, 0.1) is 5.56 Å². The maximum absolute atomic E-state index is 12.2. The van der Waals surface area contributed by atoms with Gasteiger partial charge in [-0.05, 0) is 43.3 Å². The van der Waals surface area contributed by atoms with Crippen molar-refractivity contribution in [3.8, 4) is 5.75 Å². The van der Waals surface area contributed by atoms with Crippen LogP contribution in [0, 0.1) is 0 Å². The Balaban J connectivity index is 0.00000243. The van der Waals surface area contributed by atoms with E-state index >= 15 is 0 Å². The van der Waals surface area contributed by atoms with Gasteiger partial charge >= 0.3 is 0 Å². The molecule has 1 aliphatic heterocycles. The smallest absolute Gasteiger partial charge is 0.262 e. The minimum atomic E-state index is -0.518. The number of carbonyl (C=O) groups is 2. The lowest BCUT2D eigenvalue weighted by molar-refractivity contribution is -0.118. The number of benzene rings is 1. The molecular weight excluding hydrogens is 397 g/mol. The first-order chi connectivity index (χ1) is 11.9. The minimum absolute atomic E-state index is 0. The molecule has 3 rings (SSSR count). The zero-order chi connectivity index (χ0) is 18.0. The predicted molar refractivity (Wildman–Crippen MR) is 106 cm³/mol. The Morgan fingerprint density at radius 1 is 1.35 bits per heavy atom. The van der Waals surface area contributed by atoms with Crippen LogP contribution in [0.5, 0.6) is 5.75 Å². The fraction of sp³-hybridized carbons (Fsp3) is 0.294. The van der Waals surface area contributed by atoms with Crippen LogP contribution >= 0.6 is 35.3 Å². The molecule has 3 N–H and O–H groups in total. The number of hydrogen-bond acceptors (Lipinski definition) is 5. The highest BCUT2D eigenvalue weighted by atomic mass is 35.5. The topological polar surface area (TPSA) is 84.7 Å². The molecule has 0 fully saturated rings. The second-order valence-corrected chi connectivity index (χ2v) is 7.39. The first-order valence-electron chi connectivity index (χ1n) is 7.75. The molecule has 0 unspecified atom stereocenters. The minimum Gasteiger partial charge on any atom is -0.484 e. The SMILES string of the molecule is CN1CCc2c(sc(NC(=O)COc3ccc(Cl)cc3)c2C(N)=O)C1.Cl. The summed E-state index contributed by atoms with van der Waals surface area (Å²) in [5.74, 6) is -0.317. The first kappa shape index (κ1) is 20.5. The monoisotopic (exact) mass is 415 g/mol. The number of ether oxygens (including phenoxy) is 1. The third kappa shape index (κ3) is 4.67. The van der Waals surface area contributed by atoms with Crippen LogP contribution in [0.25, 0.3) is 0 Å². The Labute approximate surface area is 166 Å². The number of fused-ring (bicyclic) bond motifs is 1. The fourth-order valence-electron chi connectivity index (χ4n) is 2.72. The maximum Gasteiger partial charge on any atom is 0.262 e. The normalized spacial score (nSPS) is 13.5. The van der Waals surface area contributed by atoms with Crippen molar-refractivity contribution in [1.29, 1.82) is 0 Å². The van der Waals surface area contributed by atoms with Crippen molar-refractivity contribution in [3.63, 3.8) is 0 Å². The number of thiophene rings is 1. The Hall–Kier alpha value is -1.80. The molecule has 0 radical (unpaired) electrons. The molecule has 1 aliphatic rings. The van der Waals surface area contributed by atoms with Crippen LogP contribution in [0.3, 0.4) is 0 Å². The first-order valence-corrected chi connectivity index (χ1v) is 8.94. The largest absolute Gasteiger partial charge is 0.484 e. The van der Waals surface area contributed by atoms with Crippen LogP contribution in [0.15, 0.2) is 24.3 Å². The van der Waals surface area contributed by atoms with Crippen molar-refractivity contribution in [3.05, 3.63) is 45.3 Å². The van der Waals surface area contributed by atoms with E-state index < -0.39 is 5.91 Å². The van der Waals surface area contributed by atoms with Gasteiger partial charge in [0.15, 0.2) is 6.61 Å². The van der Waals surface area contributed by atoms with Crippen molar-refractivity contribution in [2.75, 3.05) is 25.5 Å². The zero-order valence-electron chi connectivity index (χ0n) is 14.1. The third-order valence-corrected chi connectivity index (χ3v) is 5.31. The summed E-state index contributed by atoms with van der Waals surface area (Å²) in [5.41, 5.74) is 6.90. The van der Waals surface area contributed by atoms with Gasteiger partial charge in [-0.3, -0.25) is 9.59 Å². The van der Waals surface area contributed by atoms with Crippen molar-refractivity contribution in [1.82, 2.24) is 4.90 Å². The lowest BCUT2D eigenvalue weighted by atomic mass is 10.0. The van der Waals surface area contributed by atoms with Crippen molar-refractivity contribution in [2.45, 2.75) is 13.0 Å². The van der Waals surface area contributed by atoms with E-state index in [1.807, 2.05) is 7.05 Å². The van der Waals surface area contributed by atoms with E-state index in [9.17, 15) is 9.59 Å². The summed E-state index contributed by atoms with van der Waals surface area (Å²) in [6.45, 7) is 1.44. The van der Waals surface area contributed by atoms with Gasteiger partial charge in [0.1, 0.15) is 10.8 Å². The molecule has 140 valence electrons. The van der Waals surface area contributed by atoms with Crippen molar-refractivity contribution in [2.24, 2.45) is 5.73 Å². The molecule has 6 nitrogen and oxygen atoms in total. The van der Waals surface area contributed by atoms with E-state index in [0.717, 1.165) is 30.0 Å². The number of amides is 2. The van der Waals surface area contributed by atoms with E-state index in [2.05, 4.69) is 10.2 Å². The number of nitrogens with two attached hydrogens (primary N) is 1. The molecule has 0 aliphatic carbocycles. The highest BCUT2D eigenvalue weighted by Crippen LogP contribution is 2.36. The lowest BCUT2D eigenvalue weighted by Crippen LogP contribution is -2.27. The summed E-state index contributed by atoms with van der Waals surface area (Å²) >= 11 is 7.21. The van der Waals surface area contributed by atoms with Crippen molar-refractivity contribution < 1.29 is 14.3 Å². The average molecular weight is 416 g/mol. The molecule has 9 heteroatoms. The highest BCUT2D eigenvalue weighted by Gasteiger charge is 2.26. The molecule has 2 heterocycles. The predicted octanol–water partition coefficient (Wildman–Crippen LogP) is 2.93. The van der Waals surface area contributed by atoms with Gasteiger partial charge in [0, 0.05) is 23.0 Å². The number of rotatable bonds is 5. The Bertz CT molecular complexity index is 808. The van der Waals surface area contributed by atoms with Gasteiger partial charge in [-0.25, -0.2) is 0 Å². The van der Waals surface area contributed by atoms with E-state index in [4.69, 9.17) is 22.1 Å². The van der Waals surface area contributed by atoms with E-state index in [0.29, 0.717) is 21.3 Å². The fourth-order valence-corrected chi connectivity index (χ4v) is 4.20. The van der Waals surface area contributed by atoms with Crippen LogP contribution in [0.1, 0.15) is 20.8 Å². The molecule has 0 saturated carbocycles. The van der Waals surface area contributed by atoms with E-state index in [1.165, 1.54) is 11.3 Å². The van der Waals surface area contributed by atoms with Crippen LogP contribution in [-0.2, 0) is 17.8 Å². The lowest BCUT2D eigenvalue weighted by Gasteiger charge is -2.22. The second kappa shape index (κ2) is 8.73. The van der Waals surface area contributed by atoms with E-state index in [-0.39, 0.29) is 24.9 Å². The van der Waals surface area contributed by atoms with Crippen LogP contribution in [-0.4, -0.2) is 36.9 Å². The average Bonchev–Trinajstić information content (AvgIpc) is 2.91. The van der Waals surface area contributed by atoms with Gasteiger partial charge in [-0.15, -0.1) is 23.7 Å². The summed E-state index contributed by atoms with van der Waals surface area (Å²) < 4.78 is 5.42. The van der Waals surface area contributed by atoms with Gasteiger partial charge in [-0.1, -0.05) is 11.6 Å². The molecule has 0 bridgehead atoms. The number of nitrogens with one attached hydrogen (secondary N) is 1. The molecule has 0 saturated heterocycles. The van der Waals surface area contributed by atoms with Crippen LogP contribution in [0.4, 0.5) is 5.00 Å². The van der Waals surface area contributed by atoms with Crippen molar-refractivity contribution >= 4 is 52.2 Å². The number of hydrogen-bond donors (Lipinski definition) is 2. The molecule has 1 aromatic carbocycles. The van der Waals surface area contributed by atoms with Gasteiger partial charge in [-0.2, -0.15) is 0 Å². The molecule has 0 atom stereocenters. The second-order valence-electron chi connectivity index (χ2n) is 5.85. The standard InChI is InChI=1S/C17H18ClN3O3S.ClH/c1-21-7-6-12-13(8-21)25-17(15(12)16(19)23)20-14(22)9-24-11-4-2-10(18)3-5-11;/h2-5H,6-9H2,1H3,(H2,19,23)(H,20,22);1H.